The van der Waals surface area contributed by atoms with Crippen molar-refractivity contribution in [3.05, 3.63) is 15.5 Å². The number of nitrogens with zero attached hydrogens (tertiary/aromatic N) is 1. The number of aromatic nitrogens is 1. The first-order valence-corrected chi connectivity index (χ1v) is 3.81. The number of halogens is 1. The predicted molar refractivity (Wildman–Crippen MR) is 42.7 cm³/mol. The Bertz CT molecular complexity index is 245. The number of hydrogen-bond donors (Lipinski definition) is 2. The zero-order chi connectivity index (χ0) is 7.56. The molecule has 1 aromatic heterocycles. The van der Waals surface area contributed by atoms with Gasteiger partial charge in [0.15, 0.2) is 4.47 Å². The SMILES string of the molecule is N=C(N)Cc1cnc(Cl)s1. The Hall–Kier alpha value is -0.610. The average molecular weight is 176 g/mol. The van der Waals surface area contributed by atoms with Gasteiger partial charge in [0.05, 0.1) is 5.84 Å². The Morgan fingerprint density at radius 2 is 2.60 bits per heavy atom. The molecule has 0 saturated carbocycles. The molecule has 3 N–H and O–H groups in total. The molecule has 1 heterocycles. The lowest BCUT2D eigenvalue weighted by atomic mass is 10.4. The van der Waals surface area contributed by atoms with E-state index in [1.807, 2.05) is 0 Å². The fraction of sp³-hybridized carbons (Fsp3) is 0.200. The molecule has 0 bridgehead atoms. The monoisotopic (exact) mass is 175 g/mol. The summed E-state index contributed by atoms with van der Waals surface area (Å²) in [5.74, 6) is 0.139. The van der Waals surface area contributed by atoms with Crippen LogP contribution in [0.1, 0.15) is 4.88 Å². The number of thiazole rings is 1. The Balaban J connectivity index is 2.67. The van der Waals surface area contributed by atoms with Crippen LogP contribution in [0.2, 0.25) is 4.47 Å². The van der Waals surface area contributed by atoms with Crippen molar-refractivity contribution in [1.82, 2.24) is 4.98 Å². The number of nitrogens with two attached hydrogens (primary N) is 1. The van der Waals surface area contributed by atoms with Gasteiger partial charge in [-0.1, -0.05) is 11.6 Å². The number of amidine groups is 1. The van der Waals surface area contributed by atoms with Gasteiger partial charge in [0, 0.05) is 17.5 Å². The van der Waals surface area contributed by atoms with Gasteiger partial charge in [-0.3, -0.25) is 5.41 Å². The average Bonchev–Trinajstić information content (AvgIpc) is 2.13. The van der Waals surface area contributed by atoms with Gasteiger partial charge in [-0.15, -0.1) is 11.3 Å². The molecular formula is C5H6ClN3S. The molecule has 10 heavy (non-hydrogen) atoms. The van der Waals surface area contributed by atoms with E-state index >= 15 is 0 Å². The van der Waals surface area contributed by atoms with Gasteiger partial charge in [-0.05, 0) is 0 Å². The van der Waals surface area contributed by atoms with Gasteiger partial charge >= 0.3 is 0 Å². The Kier molecular flexibility index (Phi) is 2.24. The van der Waals surface area contributed by atoms with Crippen LogP contribution in [0, 0.1) is 5.41 Å². The van der Waals surface area contributed by atoms with Crippen LogP contribution in [0.3, 0.4) is 0 Å². The van der Waals surface area contributed by atoms with Crippen molar-refractivity contribution in [1.29, 1.82) is 5.41 Å². The van der Waals surface area contributed by atoms with Crippen molar-refractivity contribution >= 4 is 28.8 Å². The van der Waals surface area contributed by atoms with Crippen LogP contribution >= 0.6 is 22.9 Å². The van der Waals surface area contributed by atoms with E-state index in [2.05, 4.69) is 4.98 Å². The lowest BCUT2D eigenvalue weighted by Crippen LogP contribution is -2.11. The second-order valence-corrected chi connectivity index (χ2v) is 3.48. The summed E-state index contributed by atoms with van der Waals surface area (Å²) in [5.41, 5.74) is 5.15. The maximum atomic E-state index is 6.95. The molecule has 0 aliphatic heterocycles. The van der Waals surface area contributed by atoms with Crippen molar-refractivity contribution < 1.29 is 0 Å². The number of nitrogens with one attached hydrogen (secondary N) is 1. The molecule has 0 spiro atoms. The van der Waals surface area contributed by atoms with Gasteiger partial charge < -0.3 is 5.73 Å². The third kappa shape index (κ3) is 1.97. The zero-order valence-corrected chi connectivity index (χ0v) is 6.67. The summed E-state index contributed by atoms with van der Waals surface area (Å²) in [5, 5.41) is 6.95. The maximum Gasteiger partial charge on any atom is 0.183 e. The summed E-state index contributed by atoms with van der Waals surface area (Å²) in [6.07, 6.45) is 2.08. The fourth-order valence-corrected chi connectivity index (χ4v) is 1.55. The van der Waals surface area contributed by atoms with Crippen LogP contribution in [0.5, 0.6) is 0 Å². The van der Waals surface area contributed by atoms with Gasteiger partial charge in [-0.25, -0.2) is 4.98 Å². The van der Waals surface area contributed by atoms with Crippen molar-refractivity contribution in [3.8, 4) is 0 Å². The Morgan fingerprint density at radius 3 is 3.00 bits per heavy atom. The molecular weight excluding hydrogens is 170 g/mol. The molecule has 0 aliphatic rings. The van der Waals surface area contributed by atoms with Crippen molar-refractivity contribution in [3.63, 3.8) is 0 Å². The summed E-state index contributed by atoms with van der Waals surface area (Å²) in [6, 6.07) is 0. The summed E-state index contributed by atoms with van der Waals surface area (Å²) >= 11 is 6.89. The molecule has 0 amide bonds. The van der Waals surface area contributed by atoms with Crippen LogP contribution in [0.4, 0.5) is 0 Å². The van der Waals surface area contributed by atoms with Gasteiger partial charge in [0.25, 0.3) is 0 Å². The molecule has 0 aromatic carbocycles. The largest absolute Gasteiger partial charge is 0.387 e. The Morgan fingerprint density at radius 1 is 1.90 bits per heavy atom. The smallest absolute Gasteiger partial charge is 0.183 e. The number of rotatable bonds is 2. The highest BCUT2D eigenvalue weighted by Gasteiger charge is 1.99. The normalized spacial score (nSPS) is 9.70. The highest BCUT2D eigenvalue weighted by Crippen LogP contribution is 2.17. The molecule has 1 rings (SSSR count). The first-order chi connectivity index (χ1) is 4.68. The van der Waals surface area contributed by atoms with E-state index in [0.29, 0.717) is 10.9 Å². The first-order valence-electron chi connectivity index (χ1n) is 2.61. The standard InChI is InChI=1S/C5H6ClN3S/c6-5-9-2-3(10-5)1-4(7)8/h2H,1H2,(H3,7,8). The van der Waals surface area contributed by atoms with E-state index in [1.165, 1.54) is 11.3 Å². The van der Waals surface area contributed by atoms with Crippen LogP contribution in [-0.4, -0.2) is 10.8 Å². The van der Waals surface area contributed by atoms with Crippen molar-refractivity contribution in [2.75, 3.05) is 0 Å². The highest BCUT2D eigenvalue weighted by atomic mass is 35.5. The first kappa shape index (κ1) is 7.50. The summed E-state index contributed by atoms with van der Waals surface area (Å²) in [6.45, 7) is 0. The van der Waals surface area contributed by atoms with Crippen LogP contribution < -0.4 is 5.73 Å². The molecule has 54 valence electrons. The molecule has 0 fully saturated rings. The maximum absolute atomic E-state index is 6.95. The lowest BCUT2D eigenvalue weighted by Gasteiger charge is -1.89. The molecule has 3 nitrogen and oxygen atoms in total. The molecule has 1 aromatic rings. The van der Waals surface area contributed by atoms with Gasteiger partial charge in [0.1, 0.15) is 0 Å². The minimum absolute atomic E-state index is 0.139. The van der Waals surface area contributed by atoms with E-state index in [-0.39, 0.29) is 5.84 Å². The van der Waals surface area contributed by atoms with E-state index in [9.17, 15) is 0 Å². The minimum Gasteiger partial charge on any atom is -0.387 e. The molecule has 0 saturated heterocycles. The summed E-state index contributed by atoms with van der Waals surface area (Å²) in [7, 11) is 0. The van der Waals surface area contributed by atoms with E-state index in [4.69, 9.17) is 22.7 Å². The van der Waals surface area contributed by atoms with Crippen LogP contribution in [0.15, 0.2) is 6.20 Å². The molecule has 0 radical (unpaired) electrons. The zero-order valence-electron chi connectivity index (χ0n) is 5.10. The highest BCUT2D eigenvalue weighted by molar-refractivity contribution is 7.15. The van der Waals surface area contributed by atoms with E-state index in [0.717, 1.165) is 4.88 Å². The second-order valence-electron chi connectivity index (χ2n) is 1.78. The van der Waals surface area contributed by atoms with E-state index in [1.54, 1.807) is 6.20 Å². The fourth-order valence-electron chi connectivity index (χ4n) is 0.553. The summed E-state index contributed by atoms with van der Waals surface area (Å²) < 4.78 is 0.497. The molecule has 5 heteroatoms. The lowest BCUT2D eigenvalue weighted by molar-refractivity contribution is 1.26. The van der Waals surface area contributed by atoms with Gasteiger partial charge in [-0.2, -0.15) is 0 Å². The Labute approximate surface area is 67.3 Å². The minimum atomic E-state index is 0.139. The van der Waals surface area contributed by atoms with Crippen molar-refractivity contribution in [2.45, 2.75) is 6.42 Å². The number of hydrogen-bond acceptors (Lipinski definition) is 3. The van der Waals surface area contributed by atoms with Crippen molar-refractivity contribution in [2.24, 2.45) is 5.73 Å². The topological polar surface area (TPSA) is 62.8 Å². The van der Waals surface area contributed by atoms with Gasteiger partial charge in [0.2, 0.25) is 0 Å². The van der Waals surface area contributed by atoms with Crippen LogP contribution in [-0.2, 0) is 6.42 Å². The quantitative estimate of drug-likeness (QED) is 0.526. The summed E-state index contributed by atoms with van der Waals surface area (Å²) in [4.78, 5) is 4.73. The molecule has 0 aliphatic carbocycles. The second kappa shape index (κ2) is 2.98. The third-order valence-corrected chi connectivity index (χ3v) is 2.00. The van der Waals surface area contributed by atoms with E-state index < -0.39 is 0 Å². The molecule has 0 atom stereocenters. The molecule has 0 unspecified atom stereocenters. The predicted octanol–water partition coefficient (Wildman–Crippen LogP) is 1.27. The van der Waals surface area contributed by atoms with Crippen LogP contribution in [0.25, 0.3) is 0 Å². The third-order valence-electron chi connectivity index (χ3n) is 0.890.